The summed E-state index contributed by atoms with van der Waals surface area (Å²) in [5.41, 5.74) is 0.905. The molecule has 2 aromatic heterocycles. The van der Waals surface area contributed by atoms with E-state index >= 15 is 0 Å². The van der Waals surface area contributed by atoms with E-state index < -0.39 is 10.0 Å². The molecule has 1 amide bonds. The molecule has 0 atom stereocenters. The zero-order valence-electron chi connectivity index (χ0n) is 18.7. The van der Waals surface area contributed by atoms with E-state index in [2.05, 4.69) is 15.3 Å². The van der Waals surface area contributed by atoms with Gasteiger partial charge in [0, 0.05) is 51.1 Å². The quantitative estimate of drug-likeness (QED) is 0.677. The molecule has 1 aliphatic carbocycles. The van der Waals surface area contributed by atoms with Gasteiger partial charge in [0.15, 0.2) is 5.03 Å². The first-order valence-corrected chi connectivity index (χ1v) is 12.7. The Kier molecular flexibility index (Phi) is 6.80. The van der Waals surface area contributed by atoms with Crippen molar-refractivity contribution in [3.8, 4) is 5.88 Å². The summed E-state index contributed by atoms with van der Waals surface area (Å²) in [6.45, 7) is 2.78. The SMILES string of the molecule is Cc1nc(S(=O)(=O)N2CCC(C(=O)NCc3ccc(OC4CCCC4)nc3)CC2)cn1C. The molecule has 32 heavy (non-hydrogen) atoms. The molecule has 0 bridgehead atoms. The van der Waals surface area contributed by atoms with Crippen molar-refractivity contribution < 1.29 is 17.9 Å². The zero-order valence-corrected chi connectivity index (χ0v) is 19.5. The molecule has 10 heteroatoms. The van der Waals surface area contributed by atoms with Crippen molar-refractivity contribution in [1.29, 1.82) is 0 Å². The highest BCUT2D eigenvalue weighted by Gasteiger charge is 2.33. The zero-order chi connectivity index (χ0) is 22.7. The molecule has 2 aliphatic rings. The lowest BCUT2D eigenvalue weighted by Gasteiger charge is -2.29. The average Bonchev–Trinajstić information content (AvgIpc) is 3.43. The minimum atomic E-state index is -3.63. The van der Waals surface area contributed by atoms with E-state index in [1.165, 1.54) is 23.3 Å². The molecule has 1 aliphatic heterocycles. The number of aryl methyl sites for hydroxylation is 2. The van der Waals surface area contributed by atoms with Gasteiger partial charge in [-0.25, -0.2) is 18.4 Å². The predicted octanol–water partition coefficient (Wildman–Crippen LogP) is 2.16. The smallest absolute Gasteiger partial charge is 0.262 e. The largest absolute Gasteiger partial charge is 0.474 e. The fourth-order valence-corrected chi connectivity index (χ4v) is 5.73. The lowest BCUT2D eigenvalue weighted by Crippen LogP contribution is -2.43. The summed E-state index contributed by atoms with van der Waals surface area (Å²) >= 11 is 0. The Morgan fingerprint density at radius 3 is 2.50 bits per heavy atom. The summed E-state index contributed by atoms with van der Waals surface area (Å²) in [5, 5.41) is 3.02. The molecule has 1 saturated carbocycles. The van der Waals surface area contributed by atoms with E-state index in [-0.39, 0.29) is 23.0 Å². The Bertz CT molecular complexity index is 1020. The van der Waals surface area contributed by atoms with Crippen LogP contribution in [-0.2, 0) is 28.4 Å². The molecule has 9 nitrogen and oxygen atoms in total. The fourth-order valence-electron chi connectivity index (χ4n) is 4.24. The van der Waals surface area contributed by atoms with Crippen LogP contribution < -0.4 is 10.1 Å². The van der Waals surface area contributed by atoms with Crippen LogP contribution in [0.25, 0.3) is 0 Å². The number of aromatic nitrogens is 3. The maximum Gasteiger partial charge on any atom is 0.262 e. The summed E-state index contributed by atoms with van der Waals surface area (Å²) in [4.78, 5) is 21.1. The Morgan fingerprint density at radius 2 is 1.91 bits per heavy atom. The molecular weight excluding hydrogens is 430 g/mol. The molecule has 174 valence electrons. The molecule has 0 radical (unpaired) electrons. The summed E-state index contributed by atoms with van der Waals surface area (Å²) in [6.07, 6.45) is 9.10. The Labute approximate surface area is 189 Å². The van der Waals surface area contributed by atoms with Crippen LogP contribution in [0.15, 0.2) is 29.6 Å². The number of ether oxygens (including phenoxy) is 1. The van der Waals surface area contributed by atoms with E-state index in [0.717, 1.165) is 18.4 Å². The van der Waals surface area contributed by atoms with Crippen molar-refractivity contribution in [2.75, 3.05) is 13.1 Å². The topological polar surface area (TPSA) is 106 Å². The lowest BCUT2D eigenvalue weighted by molar-refractivity contribution is -0.126. The Hall–Kier alpha value is -2.46. The second kappa shape index (κ2) is 9.58. The van der Waals surface area contributed by atoms with Gasteiger partial charge in [0.2, 0.25) is 11.8 Å². The number of sulfonamides is 1. The van der Waals surface area contributed by atoms with E-state index in [9.17, 15) is 13.2 Å². The van der Waals surface area contributed by atoms with Gasteiger partial charge in [0.25, 0.3) is 10.0 Å². The van der Waals surface area contributed by atoms with Crippen LogP contribution in [0.3, 0.4) is 0 Å². The number of rotatable bonds is 7. The molecule has 3 heterocycles. The molecule has 2 aromatic rings. The third kappa shape index (κ3) is 5.12. The van der Waals surface area contributed by atoms with E-state index in [1.54, 1.807) is 24.7 Å². The van der Waals surface area contributed by atoms with Crippen LogP contribution in [0.5, 0.6) is 5.88 Å². The van der Waals surface area contributed by atoms with Gasteiger partial charge < -0.3 is 14.6 Å². The van der Waals surface area contributed by atoms with Gasteiger partial charge in [-0.1, -0.05) is 6.07 Å². The molecule has 4 rings (SSSR count). The highest BCUT2D eigenvalue weighted by molar-refractivity contribution is 7.89. The number of carbonyl (C=O) groups is 1. The normalized spacial score (nSPS) is 18.7. The van der Waals surface area contributed by atoms with E-state index in [1.807, 2.05) is 12.1 Å². The molecule has 0 spiro atoms. The van der Waals surface area contributed by atoms with E-state index in [4.69, 9.17) is 4.74 Å². The first-order chi connectivity index (χ1) is 15.3. The monoisotopic (exact) mass is 461 g/mol. The second-order valence-electron chi connectivity index (χ2n) is 8.66. The second-order valence-corrected chi connectivity index (χ2v) is 10.5. The third-order valence-corrected chi connectivity index (χ3v) is 8.14. The Balaban J connectivity index is 1.24. The van der Waals surface area contributed by atoms with Crippen molar-refractivity contribution in [3.63, 3.8) is 0 Å². The van der Waals surface area contributed by atoms with Gasteiger partial charge in [-0.05, 0) is 51.0 Å². The fraction of sp³-hybridized carbons (Fsp3) is 0.591. The van der Waals surface area contributed by atoms with Crippen LogP contribution in [-0.4, -0.2) is 52.4 Å². The molecule has 1 N–H and O–H groups in total. The first-order valence-electron chi connectivity index (χ1n) is 11.2. The molecule has 2 fully saturated rings. The van der Waals surface area contributed by atoms with Crippen LogP contribution in [0.2, 0.25) is 0 Å². The summed E-state index contributed by atoms with van der Waals surface area (Å²) in [6, 6.07) is 3.77. The maximum atomic E-state index is 12.8. The standard InChI is InChI=1S/C22H31N5O4S/c1-16-25-21(15-26(16)2)32(29,30)27-11-9-18(10-12-27)22(28)24-14-17-7-8-20(23-13-17)31-19-5-3-4-6-19/h7-8,13,15,18-19H,3-6,9-12,14H2,1-2H3,(H,24,28). The lowest BCUT2D eigenvalue weighted by atomic mass is 9.97. The first kappa shape index (κ1) is 22.7. The van der Waals surface area contributed by atoms with Gasteiger partial charge in [0.1, 0.15) is 11.9 Å². The van der Waals surface area contributed by atoms with Crippen molar-refractivity contribution in [2.24, 2.45) is 13.0 Å². The predicted molar refractivity (Wildman–Crippen MR) is 118 cm³/mol. The van der Waals surface area contributed by atoms with Crippen molar-refractivity contribution in [1.82, 2.24) is 24.2 Å². The van der Waals surface area contributed by atoms with Gasteiger partial charge >= 0.3 is 0 Å². The number of hydrogen-bond acceptors (Lipinski definition) is 6. The number of nitrogens with zero attached hydrogens (tertiary/aromatic N) is 4. The molecule has 1 saturated heterocycles. The van der Waals surface area contributed by atoms with Gasteiger partial charge in [-0.3, -0.25) is 4.79 Å². The number of imidazole rings is 1. The molecule has 0 unspecified atom stereocenters. The number of carbonyl (C=O) groups excluding carboxylic acids is 1. The number of piperidine rings is 1. The number of pyridine rings is 1. The van der Waals surface area contributed by atoms with Crippen LogP contribution in [0.1, 0.15) is 49.9 Å². The summed E-state index contributed by atoms with van der Waals surface area (Å²) < 4.78 is 34.6. The summed E-state index contributed by atoms with van der Waals surface area (Å²) in [7, 11) is -1.86. The summed E-state index contributed by atoms with van der Waals surface area (Å²) in [5.74, 6) is 1.01. The minimum Gasteiger partial charge on any atom is -0.474 e. The van der Waals surface area contributed by atoms with E-state index in [0.29, 0.717) is 44.2 Å². The number of amides is 1. The van der Waals surface area contributed by atoms with Gasteiger partial charge in [-0.2, -0.15) is 4.31 Å². The van der Waals surface area contributed by atoms with Crippen molar-refractivity contribution in [3.05, 3.63) is 35.9 Å². The molecular formula is C22H31N5O4S. The van der Waals surface area contributed by atoms with Crippen LogP contribution in [0, 0.1) is 12.8 Å². The van der Waals surface area contributed by atoms with Crippen molar-refractivity contribution in [2.45, 2.75) is 63.1 Å². The minimum absolute atomic E-state index is 0.0537. The number of nitrogens with one attached hydrogen (secondary N) is 1. The Morgan fingerprint density at radius 1 is 1.19 bits per heavy atom. The maximum absolute atomic E-state index is 12.8. The molecule has 0 aromatic carbocycles. The highest BCUT2D eigenvalue weighted by atomic mass is 32.2. The highest BCUT2D eigenvalue weighted by Crippen LogP contribution is 2.24. The average molecular weight is 462 g/mol. The van der Waals surface area contributed by atoms with Crippen molar-refractivity contribution >= 4 is 15.9 Å². The van der Waals surface area contributed by atoms with Crippen LogP contribution >= 0.6 is 0 Å². The van der Waals surface area contributed by atoms with Gasteiger partial charge in [-0.15, -0.1) is 0 Å². The number of hydrogen-bond donors (Lipinski definition) is 1. The van der Waals surface area contributed by atoms with Crippen LogP contribution in [0.4, 0.5) is 0 Å². The van der Waals surface area contributed by atoms with Gasteiger partial charge in [0.05, 0.1) is 0 Å². The third-order valence-electron chi connectivity index (χ3n) is 6.37.